The minimum atomic E-state index is 0.164. The number of nitrogens with one attached hydrogen (secondary N) is 1. The molecule has 16 heavy (non-hydrogen) atoms. The first-order chi connectivity index (χ1) is 7.66. The SMILES string of the molecule is CC(C)CSC(=O)c1ccc2[nH]ccc2c1. The topological polar surface area (TPSA) is 32.9 Å². The first kappa shape index (κ1) is 11.3. The smallest absolute Gasteiger partial charge is 0.219 e. The summed E-state index contributed by atoms with van der Waals surface area (Å²) in [7, 11) is 0. The van der Waals surface area contributed by atoms with E-state index in [0.717, 1.165) is 22.2 Å². The van der Waals surface area contributed by atoms with E-state index in [1.54, 1.807) is 0 Å². The van der Waals surface area contributed by atoms with Gasteiger partial charge in [-0.05, 0) is 30.2 Å². The van der Waals surface area contributed by atoms with Crippen LogP contribution in [0.1, 0.15) is 24.2 Å². The van der Waals surface area contributed by atoms with Crippen molar-refractivity contribution in [3.8, 4) is 0 Å². The van der Waals surface area contributed by atoms with E-state index in [2.05, 4.69) is 18.8 Å². The molecule has 0 bridgehead atoms. The van der Waals surface area contributed by atoms with Gasteiger partial charge in [-0.2, -0.15) is 0 Å². The van der Waals surface area contributed by atoms with E-state index in [4.69, 9.17) is 0 Å². The van der Waals surface area contributed by atoms with Gasteiger partial charge in [0, 0.05) is 28.4 Å². The van der Waals surface area contributed by atoms with Crippen molar-refractivity contribution in [2.75, 3.05) is 5.75 Å². The Morgan fingerprint density at radius 1 is 1.38 bits per heavy atom. The molecule has 0 radical (unpaired) electrons. The number of benzene rings is 1. The number of fused-ring (bicyclic) bond motifs is 1. The molecule has 0 aliphatic rings. The molecule has 0 spiro atoms. The average Bonchev–Trinajstić information content (AvgIpc) is 2.72. The molecule has 3 heteroatoms. The van der Waals surface area contributed by atoms with Gasteiger partial charge >= 0.3 is 0 Å². The fraction of sp³-hybridized carbons (Fsp3) is 0.308. The van der Waals surface area contributed by atoms with Crippen LogP contribution in [-0.2, 0) is 0 Å². The van der Waals surface area contributed by atoms with E-state index in [1.807, 2.05) is 30.5 Å². The first-order valence-electron chi connectivity index (χ1n) is 5.41. The molecule has 0 atom stereocenters. The third-order valence-corrected chi connectivity index (χ3v) is 3.67. The van der Waals surface area contributed by atoms with Gasteiger partial charge in [0.25, 0.3) is 0 Å². The van der Waals surface area contributed by atoms with E-state index >= 15 is 0 Å². The summed E-state index contributed by atoms with van der Waals surface area (Å²) in [6.45, 7) is 4.24. The predicted octanol–water partition coefficient (Wildman–Crippen LogP) is 3.70. The molecule has 0 saturated heterocycles. The van der Waals surface area contributed by atoms with E-state index in [-0.39, 0.29) is 5.12 Å². The van der Waals surface area contributed by atoms with Crippen LogP contribution in [0.3, 0.4) is 0 Å². The molecule has 84 valence electrons. The quantitative estimate of drug-likeness (QED) is 0.876. The number of aromatic amines is 1. The van der Waals surface area contributed by atoms with Crippen LogP contribution in [0.25, 0.3) is 10.9 Å². The van der Waals surface area contributed by atoms with Gasteiger partial charge in [-0.25, -0.2) is 0 Å². The molecule has 0 saturated carbocycles. The normalized spacial score (nSPS) is 11.2. The summed E-state index contributed by atoms with van der Waals surface area (Å²) in [4.78, 5) is 15.0. The second-order valence-corrected chi connectivity index (χ2v) is 5.26. The number of aromatic nitrogens is 1. The van der Waals surface area contributed by atoms with Crippen molar-refractivity contribution in [2.45, 2.75) is 13.8 Å². The van der Waals surface area contributed by atoms with Crippen molar-refractivity contribution in [3.63, 3.8) is 0 Å². The molecule has 1 aromatic heterocycles. The first-order valence-corrected chi connectivity index (χ1v) is 6.39. The standard InChI is InChI=1S/C13H15NOS/c1-9(2)8-16-13(15)11-3-4-12-10(7-11)5-6-14-12/h3-7,9,14H,8H2,1-2H3. The van der Waals surface area contributed by atoms with Crippen molar-refractivity contribution in [2.24, 2.45) is 5.92 Å². The number of rotatable bonds is 3. The Balaban J connectivity index is 2.16. The minimum Gasteiger partial charge on any atom is -0.361 e. The molecule has 1 aromatic carbocycles. The zero-order valence-electron chi connectivity index (χ0n) is 9.49. The highest BCUT2D eigenvalue weighted by Crippen LogP contribution is 2.19. The fourth-order valence-electron chi connectivity index (χ4n) is 1.51. The molecule has 0 unspecified atom stereocenters. The largest absolute Gasteiger partial charge is 0.361 e. The van der Waals surface area contributed by atoms with Crippen LogP contribution in [0.4, 0.5) is 0 Å². The Hall–Kier alpha value is -1.22. The van der Waals surface area contributed by atoms with Crippen molar-refractivity contribution in [1.29, 1.82) is 0 Å². The van der Waals surface area contributed by atoms with Gasteiger partial charge in [0.2, 0.25) is 5.12 Å². The fourth-order valence-corrected chi connectivity index (χ4v) is 2.28. The number of H-pyrrole nitrogens is 1. The number of carbonyl (C=O) groups is 1. The number of hydrogen-bond donors (Lipinski definition) is 1. The zero-order chi connectivity index (χ0) is 11.5. The summed E-state index contributed by atoms with van der Waals surface area (Å²) in [5.74, 6) is 1.43. The summed E-state index contributed by atoms with van der Waals surface area (Å²) in [5, 5.41) is 1.26. The lowest BCUT2D eigenvalue weighted by molar-refractivity contribution is 0.108. The highest BCUT2D eigenvalue weighted by Gasteiger charge is 2.08. The average molecular weight is 233 g/mol. The molecule has 0 aliphatic heterocycles. The Labute approximate surface area is 99.4 Å². The van der Waals surface area contributed by atoms with Crippen LogP contribution in [0, 0.1) is 5.92 Å². The molecule has 1 heterocycles. The maximum absolute atomic E-state index is 11.9. The summed E-state index contributed by atoms with van der Waals surface area (Å²) in [5.41, 5.74) is 1.86. The van der Waals surface area contributed by atoms with Crippen LogP contribution in [-0.4, -0.2) is 15.9 Å². The van der Waals surface area contributed by atoms with Gasteiger partial charge in [-0.15, -0.1) is 0 Å². The summed E-state index contributed by atoms with van der Waals surface area (Å²) < 4.78 is 0. The van der Waals surface area contributed by atoms with Crippen LogP contribution in [0.2, 0.25) is 0 Å². The Morgan fingerprint density at radius 2 is 2.19 bits per heavy atom. The van der Waals surface area contributed by atoms with E-state index in [0.29, 0.717) is 5.92 Å². The molecule has 2 rings (SSSR count). The lowest BCUT2D eigenvalue weighted by Crippen LogP contribution is -1.98. The molecule has 0 amide bonds. The third kappa shape index (κ3) is 2.47. The number of hydrogen-bond acceptors (Lipinski definition) is 2. The summed E-state index contributed by atoms with van der Waals surface area (Å²) in [6.07, 6.45) is 1.89. The van der Waals surface area contributed by atoms with Crippen LogP contribution >= 0.6 is 11.8 Å². The van der Waals surface area contributed by atoms with Gasteiger partial charge in [0.05, 0.1) is 0 Å². The molecular formula is C13H15NOS. The van der Waals surface area contributed by atoms with Gasteiger partial charge in [-0.1, -0.05) is 25.6 Å². The van der Waals surface area contributed by atoms with Crippen molar-refractivity contribution < 1.29 is 4.79 Å². The lowest BCUT2D eigenvalue weighted by Gasteiger charge is -2.03. The zero-order valence-corrected chi connectivity index (χ0v) is 10.3. The van der Waals surface area contributed by atoms with Crippen molar-refractivity contribution in [3.05, 3.63) is 36.0 Å². The van der Waals surface area contributed by atoms with Crippen molar-refractivity contribution >= 4 is 27.8 Å². The maximum Gasteiger partial charge on any atom is 0.219 e. The number of carbonyl (C=O) groups excluding carboxylic acids is 1. The van der Waals surface area contributed by atoms with Gasteiger partial charge < -0.3 is 4.98 Å². The summed E-state index contributed by atoms with van der Waals surface area (Å²) >= 11 is 1.40. The maximum atomic E-state index is 11.9. The third-order valence-electron chi connectivity index (χ3n) is 2.34. The van der Waals surface area contributed by atoms with Gasteiger partial charge in [0.15, 0.2) is 0 Å². The minimum absolute atomic E-state index is 0.164. The number of thioether (sulfide) groups is 1. The second kappa shape index (κ2) is 4.74. The van der Waals surface area contributed by atoms with Crippen LogP contribution in [0.15, 0.2) is 30.5 Å². The Bertz CT molecular complexity index is 501. The molecule has 1 N–H and O–H groups in total. The lowest BCUT2D eigenvalue weighted by atomic mass is 10.2. The van der Waals surface area contributed by atoms with Crippen molar-refractivity contribution in [1.82, 2.24) is 4.98 Å². The van der Waals surface area contributed by atoms with Gasteiger partial charge in [0.1, 0.15) is 0 Å². The monoisotopic (exact) mass is 233 g/mol. The van der Waals surface area contributed by atoms with E-state index < -0.39 is 0 Å². The Morgan fingerprint density at radius 3 is 2.94 bits per heavy atom. The summed E-state index contributed by atoms with van der Waals surface area (Å²) in [6, 6.07) is 7.77. The molecule has 0 aliphatic carbocycles. The van der Waals surface area contributed by atoms with E-state index in [1.165, 1.54) is 11.8 Å². The van der Waals surface area contributed by atoms with Crippen LogP contribution < -0.4 is 0 Å². The second-order valence-electron chi connectivity index (χ2n) is 4.27. The highest BCUT2D eigenvalue weighted by molar-refractivity contribution is 8.14. The van der Waals surface area contributed by atoms with E-state index in [9.17, 15) is 4.79 Å². The highest BCUT2D eigenvalue weighted by atomic mass is 32.2. The predicted molar refractivity (Wildman–Crippen MR) is 69.9 cm³/mol. The molecule has 2 aromatic rings. The molecular weight excluding hydrogens is 218 g/mol. The molecule has 0 fully saturated rings. The Kier molecular flexibility index (Phi) is 3.34. The molecule has 2 nitrogen and oxygen atoms in total. The van der Waals surface area contributed by atoms with Gasteiger partial charge in [-0.3, -0.25) is 4.79 Å². The van der Waals surface area contributed by atoms with Crippen LogP contribution in [0.5, 0.6) is 0 Å².